The Labute approximate surface area is 91.9 Å². The van der Waals surface area contributed by atoms with Crippen LogP contribution >= 0.6 is 22.6 Å². The van der Waals surface area contributed by atoms with Crippen molar-refractivity contribution in [3.63, 3.8) is 0 Å². The molecule has 0 amide bonds. The topological polar surface area (TPSA) is 23.8 Å². The van der Waals surface area contributed by atoms with Gasteiger partial charge in [-0.05, 0) is 18.9 Å². The van der Waals surface area contributed by atoms with E-state index in [4.69, 9.17) is 5.26 Å². The van der Waals surface area contributed by atoms with Crippen LogP contribution in [-0.4, -0.2) is 3.92 Å². The van der Waals surface area contributed by atoms with Gasteiger partial charge in [0.1, 0.15) is 0 Å². The van der Waals surface area contributed by atoms with E-state index in [9.17, 15) is 0 Å². The van der Waals surface area contributed by atoms with Gasteiger partial charge in [-0.15, -0.1) is 0 Å². The molecule has 1 nitrogen and oxygen atoms in total. The van der Waals surface area contributed by atoms with Gasteiger partial charge in [0.15, 0.2) is 0 Å². The third-order valence-corrected chi connectivity index (χ3v) is 4.11. The average molecular weight is 283 g/mol. The minimum absolute atomic E-state index is 0.174. The number of hydrogen-bond donors (Lipinski definition) is 0. The van der Waals surface area contributed by atoms with Crippen LogP contribution < -0.4 is 0 Å². The zero-order valence-corrected chi connectivity index (χ0v) is 9.58. The molecule has 1 aromatic rings. The van der Waals surface area contributed by atoms with Crippen LogP contribution in [0.5, 0.6) is 0 Å². The number of benzene rings is 1. The average Bonchev–Trinajstić information content (AvgIpc) is 2.78. The Morgan fingerprint density at radius 2 is 2.31 bits per heavy atom. The van der Waals surface area contributed by atoms with Crippen molar-refractivity contribution < 1.29 is 0 Å². The first-order valence-corrected chi connectivity index (χ1v) is 5.56. The molecule has 0 heterocycles. The van der Waals surface area contributed by atoms with E-state index in [0.29, 0.717) is 3.92 Å². The van der Waals surface area contributed by atoms with Crippen LogP contribution in [-0.2, 0) is 5.41 Å². The molecule has 2 unspecified atom stereocenters. The second-order valence-electron chi connectivity index (χ2n) is 3.62. The standard InChI is InChI=1S/C11H10IN/c1-8-3-2-4-9(5-8)11(7-13)6-10(11)12/h2-5,10H,6H2,1H3. The van der Waals surface area contributed by atoms with Crippen molar-refractivity contribution in [1.82, 2.24) is 0 Å². The van der Waals surface area contributed by atoms with Crippen LogP contribution in [0.4, 0.5) is 0 Å². The minimum atomic E-state index is -0.174. The van der Waals surface area contributed by atoms with Gasteiger partial charge in [0.2, 0.25) is 0 Å². The van der Waals surface area contributed by atoms with Crippen molar-refractivity contribution in [2.45, 2.75) is 22.7 Å². The molecule has 1 aliphatic rings. The van der Waals surface area contributed by atoms with Crippen molar-refractivity contribution >= 4 is 22.6 Å². The van der Waals surface area contributed by atoms with E-state index in [1.807, 2.05) is 6.07 Å². The molecule has 0 aromatic heterocycles. The predicted octanol–water partition coefficient (Wildman–Crippen LogP) is 2.96. The largest absolute Gasteiger partial charge is 0.197 e. The molecule has 1 aliphatic carbocycles. The smallest absolute Gasteiger partial charge is 0.0950 e. The fraction of sp³-hybridized carbons (Fsp3) is 0.364. The highest BCUT2D eigenvalue weighted by Gasteiger charge is 2.54. The highest BCUT2D eigenvalue weighted by atomic mass is 127. The van der Waals surface area contributed by atoms with Crippen LogP contribution in [0.25, 0.3) is 0 Å². The molecule has 2 heteroatoms. The van der Waals surface area contributed by atoms with Crippen molar-refractivity contribution in [2.24, 2.45) is 0 Å². The Hall–Kier alpha value is -0.560. The van der Waals surface area contributed by atoms with Gasteiger partial charge in [0.25, 0.3) is 0 Å². The number of hydrogen-bond acceptors (Lipinski definition) is 1. The van der Waals surface area contributed by atoms with E-state index in [2.05, 4.69) is 53.8 Å². The van der Waals surface area contributed by atoms with Gasteiger partial charge in [-0.1, -0.05) is 52.4 Å². The van der Waals surface area contributed by atoms with Crippen molar-refractivity contribution in [1.29, 1.82) is 5.26 Å². The molecule has 0 saturated heterocycles. The number of rotatable bonds is 1. The Balaban J connectivity index is 2.42. The van der Waals surface area contributed by atoms with Gasteiger partial charge < -0.3 is 0 Å². The fourth-order valence-electron chi connectivity index (χ4n) is 1.63. The quantitative estimate of drug-likeness (QED) is 0.574. The Bertz CT molecular complexity index is 380. The number of aryl methyl sites for hydroxylation is 1. The molecule has 0 aliphatic heterocycles. The lowest BCUT2D eigenvalue weighted by molar-refractivity contribution is 0.916. The molecule has 1 fully saturated rings. The molecule has 2 atom stereocenters. The first-order valence-electron chi connectivity index (χ1n) is 4.31. The van der Waals surface area contributed by atoms with E-state index >= 15 is 0 Å². The molecule has 0 spiro atoms. The van der Waals surface area contributed by atoms with Crippen molar-refractivity contribution in [2.75, 3.05) is 0 Å². The second kappa shape index (κ2) is 2.98. The third kappa shape index (κ3) is 1.35. The summed E-state index contributed by atoms with van der Waals surface area (Å²) in [5.41, 5.74) is 2.25. The first kappa shape index (κ1) is 9.01. The molecular weight excluding hydrogens is 273 g/mol. The monoisotopic (exact) mass is 283 g/mol. The van der Waals surface area contributed by atoms with Gasteiger partial charge in [0.05, 0.1) is 11.5 Å². The predicted molar refractivity (Wildman–Crippen MR) is 60.9 cm³/mol. The van der Waals surface area contributed by atoms with Gasteiger partial charge in [-0.25, -0.2) is 0 Å². The normalized spacial score (nSPS) is 31.0. The third-order valence-electron chi connectivity index (χ3n) is 2.61. The summed E-state index contributed by atoms with van der Waals surface area (Å²) in [5.74, 6) is 0. The van der Waals surface area contributed by atoms with Gasteiger partial charge in [0, 0.05) is 3.92 Å². The molecule has 66 valence electrons. The maximum Gasteiger partial charge on any atom is 0.0950 e. The SMILES string of the molecule is Cc1cccc(C2(C#N)CC2I)c1. The molecule has 0 bridgehead atoms. The Morgan fingerprint density at radius 1 is 1.62 bits per heavy atom. The highest BCUT2D eigenvalue weighted by molar-refractivity contribution is 14.1. The lowest BCUT2D eigenvalue weighted by Crippen LogP contribution is -2.06. The fourth-order valence-corrected chi connectivity index (χ4v) is 2.82. The molecule has 0 N–H and O–H groups in total. The second-order valence-corrected chi connectivity index (χ2v) is 5.13. The minimum Gasteiger partial charge on any atom is -0.197 e. The van der Waals surface area contributed by atoms with Crippen LogP contribution in [0.15, 0.2) is 24.3 Å². The lowest BCUT2D eigenvalue weighted by atomic mass is 9.96. The van der Waals surface area contributed by atoms with E-state index in [1.54, 1.807) is 0 Å². The number of halogens is 1. The van der Waals surface area contributed by atoms with Crippen LogP contribution in [0, 0.1) is 18.3 Å². The zero-order chi connectivity index (χ0) is 9.47. The highest BCUT2D eigenvalue weighted by Crippen LogP contribution is 2.53. The van der Waals surface area contributed by atoms with Crippen LogP contribution in [0.2, 0.25) is 0 Å². The van der Waals surface area contributed by atoms with Gasteiger partial charge in [-0.2, -0.15) is 5.26 Å². The van der Waals surface area contributed by atoms with Crippen LogP contribution in [0.1, 0.15) is 17.5 Å². The Kier molecular flexibility index (Phi) is 2.07. The number of nitrogens with zero attached hydrogens (tertiary/aromatic N) is 1. The maximum atomic E-state index is 9.12. The van der Waals surface area contributed by atoms with E-state index < -0.39 is 0 Å². The summed E-state index contributed by atoms with van der Waals surface area (Å²) in [6.45, 7) is 2.07. The van der Waals surface area contributed by atoms with E-state index in [1.165, 1.54) is 11.1 Å². The summed E-state index contributed by atoms with van der Waals surface area (Å²) in [5, 5.41) is 9.12. The molecule has 2 rings (SSSR count). The maximum absolute atomic E-state index is 9.12. The molecule has 1 saturated carbocycles. The number of alkyl halides is 1. The van der Waals surface area contributed by atoms with Gasteiger partial charge >= 0.3 is 0 Å². The summed E-state index contributed by atoms with van der Waals surface area (Å²) < 4.78 is 0.497. The summed E-state index contributed by atoms with van der Waals surface area (Å²) in [4.78, 5) is 0. The molecule has 0 radical (unpaired) electrons. The zero-order valence-electron chi connectivity index (χ0n) is 7.42. The first-order chi connectivity index (χ1) is 6.19. The molecule has 13 heavy (non-hydrogen) atoms. The lowest BCUT2D eigenvalue weighted by Gasteiger charge is -2.07. The summed E-state index contributed by atoms with van der Waals surface area (Å²) in [6, 6.07) is 10.7. The van der Waals surface area contributed by atoms with E-state index in [0.717, 1.165) is 6.42 Å². The van der Waals surface area contributed by atoms with Gasteiger partial charge in [-0.3, -0.25) is 0 Å². The van der Waals surface area contributed by atoms with Crippen molar-refractivity contribution in [3.8, 4) is 6.07 Å². The van der Waals surface area contributed by atoms with Crippen molar-refractivity contribution in [3.05, 3.63) is 35.4 Å². The molecular formula is C11H10IN. The summed E-state index contributed by atoms with van der Waals surface area (Å²) >= 11 is 2.36. The molecule has 1 aromatic carbocycles. The summed E-state index contributed by atoms with van der Waals surface area (Å²) in [7, 11) is 0. The summed E-state index contributed by atoms with van der Waals surface area (Å²) in [6.07, 6.45) is 1.01. The van der Waals surface area contributed by atoms with E-state index in [-0.39, 0.29) is 5.41 Å². The Morgan fingerprint density at radius 3 is 2.77 bits per heavy atom. The number of nitriles is 1. The van der Waals surface area contributed by atoms with Crippen LogP contribution in [0.3, 0.4) is 0 Å².